The molecule has 22 heavy (non-hydrogen) atoms. The van der Waals surface area contributed by atoms with Crippen LogP contribution in [-0.4, -0.2) is 55.6 Å². The number of hydrogen-bond acceptors (Lipinski definition) is 5. The minimum absolute atomic E-state index is 0.210. The number of rotatable bonds is 6. The van der Waals surface area contributed by atoms with Crippen LogP contribution in [0.5, 0.6) is 0 Å². The minimum atomic E-state index is -0.285. The van der Waals surface area contributed by atoms with E-state index in [0.29, 0.717) is 12.0 Å². The molecule has 0 aromatic rings. The van der Waals surface area contributed by atoms with E-state index in [4.69, 9.17) is 4.74 Å². The molecule has 2 aliphatic heterocycles. The number of piperidine rings is 1. The number of nitrogens with one attached hydrogen (secondary N) is 2. The normalized spacial score (nSPS) is 23.6. The topological polar surface area (TPSA) is 53.6 Å². The Bertz CT molecular complexity index is 351. The van der Waals surface area contributed by atoms with Crippen LogP contribution in [0.1, 0.15) is 39.5 Å². The van der Waals surface area contributed by atoms with Crippen LogP contribution in [0.3, 0.4) is 0 Å². The van der Waals surface area contributed by atoms with Gasteiger partial charge in [0.25, 0.3) is 0 Å². The maximum Gasteiger partial charge on any atom is 0.227 e. The predicted molar refractivity (Wildman–Crippen MR) is 91.9 cm³/mol. The molecule has 0 unspecified atom stereocenters. The molecule has 0 atom stereocenters. The first-order valence-corrected chi connectivity index (χ1v) is 8.95. The SMILES string of the molecule is CC(C)CNC(=O)C1(CNC2CCOCC2)CCN(S)CC1. The van der Waals surface area contributed by atoms with Crippen LogP contribution in [0.4, 0.5) is 0 Å². The summed E-state index contributed by atoms with van der Waals surface area (Å²) in [5.41, 5.74) is -0.285. The van der Waals surface area contributed by atoms with Crippen molar-refractivity contribution >= 4 is 18.7 Å². The van der Waals surface area contributed by atoms with Gasteiger partial charge in [0.1, 0.15) is 0 Å². The molecule has 2 N–H and O–H groups in total. The Labute approximate surface area is 140 Å². The Balaban J connectivity index is 1.93. The number of thiol groups is 1. The van der Waals surface area contributed by atoms with E-state index in [9.17, 15) is 4.79 Å². The lowest BCUT2D eigenvalue weighted by atomic mass is 9.77. The molecule has 2 heterocycles. The molecule has 0 aliphatic carbocycles. The molecule has 2 saturated heterocycles. The first-order valence-electron chi connectivity index (χ1n) is 8.55. The predicted octanol–water partition coefficient (Wildman–Crippen LogP) is 1.45. The van der Waals surface area contributed by atoms with E-state index in [1.54, 1.807) is 0 Å². The first-order chi connectivity index (χ1) is 10.5. The largest absolute Gasteiger partial charge is 0.381 e. The number of carbonyl (C=O) groups excluding carboxylic acids is 1. The maximum atomic E-state index is 12.8. The number of amides is 1. The highest BCUT2D eigenvalue weighted by atomic mass is 32.1. The summed E-state index contributed by atoms with van der Waals surface area (Å²) in [4.78, 5) is 12.8. The molecule has 0 aromatic carbocycles. The number of hydrogen-bond donors (Lipinski definition) is 3. The quantitative estimate of drug-likeness (QED) is 0.646. The van der Waals surface area contributed by atoms with Crippen molar-refractivity contribution in [3.63, 3.8) is 0 Å². The highest BCUT2D eigenvalue weighted by molar-refractivity contribution is 7.77. The van der Waals surface area contributed by atoms with E-state index in [2.05, 4.69) is 37.3 Å². The number of carbonyl (C=O) groups is 1. The molecule has 0 saturated carbocycles. The molecule has 0 radical (unpaired) electrons. The number of nitrogens with zero attached hydrogens (tertiary/aromatic N) is 1. The van der Waals surface area contributed by atoms with E-state index in [0.717, 1.165) is 65.1 Å². The van der Waals surface area contributed by atoms with Crippen molar-refractivity contribution in [2.24, 2.45) is 11.3 Å². The van der Waals surface area contributed by atoms with E-state index in [-0.39, 0.29) is 11.3 Å². The minimum Gasteiger partial charge on any atom is -0.381 e. The fraction of sp³-hybridized carbons (Fsp3) is 0.938. The summed E-state index contributed by atoms with van der Waals surface area (Å²) < 4.78 is 7.42. The molecule has 2 aliphatic rings. The molecule has 1 amide bonds. The van der Waals surface area contributed by atoms with Gasteiger partial charge in [-0.1, -0.05) is 26.7 Å². The molecule has 128 valence electrons. The van der Waals surface area contributed by atoms with Crippen LogP contribution >= 0.6 is 12.8 Å². The fourth-order valence-corrected chi connectivity index (χ4v) is 3.33. The number of ether oxygens (including phenoxy) is 1. The van der Waals surface area contributed by atoms with Crippen molar-refractivity contribution in [2.75, 3.05) is 39.4 Å². The highest BCUT2D eigenvalue weighted by Gasteiger charge is 2.41. The lowest BCUT2D eigenvalue weighted by Crippen LogP contribution is -2.54. The van der Waals surface area contributed by atoms with E-state index >= 15 is 0 Å². The first kappa shape index (κ1) is 18.0. The fourth-order valence-electron chi connectivity index (χ4n) is 3.13. The van der Waals surface area contributed by atoms with Gasteiger partial charge < -0.3 is 15.4 Å². The Morgan fingerprint density at radius 3 is 2.55 bits per heavy atom. The van der Waals surface area contributed by atoms with Gasteiger partial charge in [-0.2, -0.15) is 0 Å². The van der Waals surface area contributed by atoms with Crippen LogP contribution in [0.25, 0.3) is 0 Å². The summed E-state index contributed by atoms with van der Waals surface area (Å²) in [7, 11) is 0. The average Bonchev–Trinajstić information content (AvgIpc) is 2.53. The smallest absolute Gasteiger partial charge is 0.227 e. The Morgan fingerprint density at radius 2 is 1.95 bits per heavy atom. The van der Waals surface area contributed by atoms with Crippen molar-refractivity contribution < 1.29 is 9.53 Å². The van der Waals surface area contributed by atoms with Crippen molar-refractivity contribution in [3.05, 3.63) is 0 Å². The third-order valence-electron chi connectivity index (χ3n) is 4.80. The Kier molecular flexibility index (Phi) is 6.99. The van der Waals surface area contributed by atoms with Gasteiger partial charge in [-0.25, -0.2) is 0 Å². The summed E-state index contributed by atoms with van der Waals surface area (Å²) in [6.45, 7) is 9.17. The third-order valence-corrected chi connectivity index (χ3v) is 5.20. The van der Waals surface area contributed by atoms with Crippen molar-refractivity contribution in [1.82, 2.24) is 14.9 Å². The molecule has 2 rings (SSSR count). The van der Waals surface area contributed by atoms with Gasteiger partial charge in [-0.3, -0.25) is 9.10 Å². The van der Waals surface area contributed by atoms with Crippen molar-refractivity contribution in [3.8, 4) is 0 Å². The van der Waals surface area contributed by atoms with E-state index in [1.165, 1.54) is 0 Å². The van der Waals surface area contributed by atoms with E-state index in [1.807, 2.05) is 4.31 Å². The summed E-state index contributed by atoms with van der Waals surface area (Å²) in [5.74, 6) is 0.691. The van der Waals surface area contributed by atoms with Crippen LogP contribution in [0, 0.1) is 11.3 Å². The van der Waals surface area contributed by atoms with Gasteiger partial charge in [-0.15, -0.1) is 0 Å². The van der Waals surface area contributed by atoms with Crippen LogP contribution in [-0.2, 0) is 9.53 Å². The highest BCUT2D eigenvalue weighted by Crippen LogP contribution is 2.32. The summed E-state index contributed by atoms with van der Waals surface area (Å²) in [6, 6.07) is 0.484. The monoisotopic (exact) mass is 329 g/mol. The molecule has 2 fully saturated rings. The van der Waals surface area contributed by atoms with Crippen LogP contribution in [0.15, 0.2) is 0 Å². The lowest BCUT2D eigenvalue weighted by molar-refractivity contribution is -0.133. The molecule has 0 bridgehead atoms. The van der Waals surface area contributed by atoms with Crippen LogP contribution < -0.4 is 10.6 Å². The Morgan fingerprint density at radius 1 is 1.32 bits per heavy atom. The van der Waals surface area contributed by atoms with Crippen molar-refractivity contribution in [1.29, 1.82) is 0 Å². The third kappa shape index (κ3) is 5.11. The zero-order valence-electron chi connectivity index (χ0n) is 13.9. The molecule has 0 aromatic heterocycles. The summed E-state index contributed by atoms with van der Waals surface area (Å²) in [6.07, 6.45) is 3.83. The van der Waals surface area contributed by atoms with Crippen LogP contribution in [0.2, 0.25) is 0 Å². The van der Waals surface area contributed by atoms with Gasteiger partial charge in [0.05, 0.1) is 5.41 Å². The zero-order chi connectivity index (χ0) is 16.0. The maximum absolute atomic E-state index is 12.8. The van der Waals surface area contributed by atoms with Gasteiger partial charge in [-0.05, 0) is 31.6 Å². The molecule has 5 nitrogen and oxygen atoms in total. The summed E-state index contributed by atoms with van der Waals surface area (Å²) >= 11 is 4.43. The van der Waals surface area contributed by atoms with Gasteiger partial charge in [0, 0.05) is 45.4 Å². The van der Waals surface area contributed by atoms with Gasteiger partial charge >= 0.3 is 0 Å². The standard InChI is InChI=1S/C16H31N3O2S/c1-13(2)11-17-15(20)16(5-7-19(22)8-6-16)12-18-14-3-9-21-10-4-14/h13-14,18,22H,3-12H2,1-2H3,(H,17,20). The molecule has 6 heteroatoms. The Hall–Kier alpha value is -0.300. The molecular weight excluding hydrogens is 298 g/mol. The zero-order valence-corrected chi connectivity index (χ0v) is 14.8. The second-order valence-electron chi connectivity index (χ2n) is 7.11. The lowest BCUT2D eigenvalue weighted by Gasteiger charge is -2.40. The van der Waals surface area contributed by atoms with Crippen molar-refractivity contribution in [2.45, 2.75) is 45.6 Å². The summed E-state index contributed by atoms with van der Waals surface area (Å²) in [5, 5.41) is 6.78. The molecule has 0 spiro atoms. The van der Waals surface area contributed by atoms with Gasteiger partial charge in [0.15, 0.2) is 0 Å². The van der Waals surface area contributed by atoms with Gasteiger partial charge in [0.2, 0.25) is 5.91 Å². The second-order valence-corrected chi connectivity index (χ2v) is 7.67. The second kappa shape index (κ2) is 8.52. The molecular formula is C16H31N3O2S. The average molecular weight is 330 g/mol. The van der Waals surface area contributed by atoms with E-state index < -0.39 is 0 Å².